The van der Waals surface area contributed by atoms with Gasteiger partial charge in [0, 0.05) is 18.8 Å². The zero-order chi connectivity index (χ0) is 14.1. The van der Waals surface area contributed by atoms with Crippen molar-refractivity contribution in [1.82, 2.24) is 0 Å². The first-order chi connectivity index (χ1) is 9.67. The van der Waals surface area contributed by atoms with E-state index in [1.807, 2.05) is 12.1 Å². The summed E-state index contributed by atoms with van der Waals surface area (Å²) in [6, 6.07) is 12.0. The molecule has 1 aliphatic rings. The molecule has 0 saturated carbocycles. The number of esters is 1. The largest absolute Gasteiger partial charge is 0.465 e. The predicted molar refractivity (Wildman–Crippen MR) is 74.1 cm³/mol. The molecule has 1 aliphatic heterocycles. The number of fused-ring (bicyclic) bond motifs is 1. The Bertz CT molecular complexity index is 652. The number of hydrogen-bond acceptors (Lipinski definition) is 3. The van der Waals surface area contributed by atoms with E-state index in [0.717, 1.165) is 17.8 Å². The Morgan fingerprint density at radius 3 is 2.50 bits per heavy atom. The van der Waals surface area contributed by atoms with Crippen molar-refractivity contribution in [2.75, 3.05) is 12.0 Å². The molecule has 4 heteroatoms. The molecule has 0 spiro atoms. The maximum Gasteiger partial charge on any atom is 0.337 e. The van der Waals surface area contributed by atoms with Gasteiger partial charge < -0.3 is 9.64 Å². The fourth-order valence-corrected chi connectivity index (χ4v) is 2.47. The molecule has 0 amide bonds. The summed E-state index contributed by atoms with van der Waals surface area (Å²) in [4.78, 5) is 13.7. The molecule has 0 aliphatic carbocycles. The maximum atomic E-state index is 12.9. The first kappa shape index (κ1) is 12.7. The lowest BCUT2D eigenvalue weighted by molar-refractivity contribution is 0.0600. The van der Waals surface area contributed by atoms with Crippen molar-refractivity contribution in [3.63, 3.8) is 0 Å². The molecule has 1 heterocycles. The van der Waals surface area contributed by atoms with Crippen LogP contribution in [0.1, 0.15) is 21.5 Å². The normalized spacial score (nSPS) is 13.2. The first-order valence-electron chi connectivity index (χ1n) is 6.38. The van der Waals surface area contributed by atoms with Gasteiger partial charge in [-0.05, 0) is 47.5 Å². The van der Waals surface area contributed by atoms with Gasteiger partial charge in [0.1, 0.15) is 5.82 Å². The number of carbonyl (C=O) groups excluding carboxylic acids is 1. The van der Waals surface area contributed by atoms with E-state index in [1.54, 1.807) is 18.2 Å². The second-order valence-electron chi connectivity index (χ2n) is 4.81. The fourth-order valence-electron chi connectivity index (χ4n) is 2.47. The molecule has 0 aromatic heterocycles. The third kappa shape index (κ3) is 2.25. The van der Waals surface area contributed by atoms with Crippen LogP contribution in [0.25, 0.3) is 0 Å². The number of methoxy groups -OCH3 is 1. The second-order valence-corrected chi connectivity index (χ2v) is 4.81. The van der Waals surface area contributed by atoms with Gasteiger partial charge in [0.15, 0.2) is 0 Å². The minimum Gasteiger partial charge on any atom is -0.465 e. The van der Waals surface area contributed by atoms with E-state index < -0.39 is 0 Å². The molecule has 20 heavy (non-hydrogen) atoms. The minimum absolute atomic E-state index is 0.238. The molecule has 0 N–H and O–H groups in total. The van der Waals surface area contributed by atoms with Gasteiger partial charge in [-0.1, -0.05) is 6.07 Å². The van der Waals surface area contributed by atoms with E-state index in [2.05, 4.69) is 4.90 Å². The Kier molecular flexibility index (Phi) is 3.14. The van der Waals surface area contributed by atoms with Crippen LogP contribution in [0.4, 0.5) is 10.1 Å². The number of nitrogens with zero attached hydrogens (tertiary/aromatic N) is 1. The molecule has 0 atom stereocenters. The summed E-state index contributed by atoms with van der Waals surface area (Å²) in [5.74, 6) is -0.563. The molecule has 2 aromatic rings. The summed E-state index contributed by atoms with van der Waals surface area (Å²) < 4.78 is 17.7. The summed E-state index contributed by atoms with van der Waals surface area (Å²) in [5.41, 5.74) is 3.83. The SMILES string of the molecule is COC(=O)c1ccc2c(c1)CN(c1ccc(F)cc1)C2. The van der Waals surface area contributed by atoms with Crippen molar-refractivity contribution >= 4 is 11.7 Å². The van der Waals surface area contributed by atoms with E-state index in [4.69, 9.17) is 4.74 Å². The molecular weight excluding hydrogens is 257 g/mol. The molecule has 0 unspecified atom stereocenters. The van der Waals surface area contributed by atoms with Gasteiger partial charge in [0.25, 0.3) is 0 Å². The monoisotopic (exact) mass is 271 g/mol. The highest BCUT2D eigenvalue weighted by Crippen LogP contribution is 2.29. The zero-order valence-electron chi connectivity index (χ0n) is 11.1. The minimum atomic E-state index is -0.326. The molecule has 0 bridgehead atoms. The van der Waals surface area contributed by atoms with E-state index in [9.17, 15) is 9.18 Å². The lowest BCUT2D eigenvalue weighted by Crippen LogP contribution is -2.14. The van der Waals surface area contributed by atoms with Gasteiger partial charge in [0.05, 0.1) is 12.7 Å². The van der Waals surface area contributed by atoms with Crippen molar-refractivity contribution in [2.24, 2.45) is 0 Å². The van der Waals surface area contributed by atoms with Crippen LogP contribution in [-0.4, -0.2) is 13.1 Å². The summed E-state index contributed by atoms with van der Waals surface area (Å²) in [5, 5.41) is 0. The number of carbonyl (C=O) groups is 1. The Balaban J connectivity index is 1.85. The van der Waals surface area contributed by atoms with Crippen LogP contribution in [0.5, 0.6) is 0 Å². The molecule has 0 fully saturated rings. The molecule has 3 nitrogen and oxygen atoms in total. The van der Waals surface area contributed by atoms with Gasteiger partial charge in [0.2, 0.25) is 0 Å². The highest BCUT2D eigenvalue weighted by atomic mass is 19.1. The Hall–Kier alpha value is -2.36. The van der Waals surface area contributed by atoms with Gasteiger partial charge in [-0.3, -0.25) is 0 Å². The van der Waals surface area contributed by atoms with E-state index >= 15 is 0 Å². The summed E-state index contributed by atoms with van der Waals surface area (Å²) in [7, 11) is 1.38. The van der Waals surface area contributed by atoms with E-state index in [1.165, 1.54) is 24.8 Å². The number of halogens is 1. The number of anilines is 1. The third-order valence-electron chi connectivity index (χ3n) is 3.54. The number of ether oxygens (including phenoxy) is 1. The lowest BCUT2D eigenvalue weighted by atomic mass is 10.1. The van der Waals surface area contributed by atoms with Crippen molar-refractivity contribution in [3.8, 4) is 0 Å². The number of benzene rings is 2. The van der Waals surface area contributed by atoms with E-state index in [0.29, 0.717) is 12.1 Å². The van der Waals surface area contributed by atoms with Crippen LogP contribution in [0, 0.1) is 5.82 Å². The van der Waals surface area contributed by atoms with Crippen LogP contribution in [0.3, 0.4) is 0 Å². The molecule has 3 rings (SSSR count). The Labute approximate surface area is 116 Å². The van der Waals surface area contributed by atoms with Gasteiger partial charge in [-0.15, -0.1) is 0 Å². The molecule has 102 valence electrons. The van der Waals surface area contributed by atoms with Crippen molar-refractivity contribution in [1.29, 1.82) is 0 Å². The van der Waals surface area contributed by atoms with Crippen LogP contribution >= 0.6 is 0 Å². The van der Waals surface area contributed by atoms with Crippen molar-refractivity contribution in [3.05, 3.63) is 65.0 Å². The van der Waals surface area contributed by atoms with Gasteiger partial charge in [-0.25, -0.2) is 9.18 Å². The highest BCUT2D eigenvalue weighted by molar-refractivity contribution is 5.89. The number of hydrogen-bond donors (Lipinski definition) is 0. The predicted octanol–water partition coefficient (Wildman–Crippen LogP) is 3.13. The van der Waals surface area contributed by atoms with E-state index in [-0.39, 0.29) is 11.8 Å². The fraction of sp³-hybridized carbons (Fsp3) is 0.188. The smallest absolute Gasteiger partial charge is 0.337 e. The first-order valence-corrected chi connectivity index (χ1v) is 6.38. The summed E-state index contributed by atoms with van der Waals surface area (Å²) in [6.07, 6.45) is 0. The van der Waals surface area contributed by atoms with Crippen molar-refractivity contribution < 1.29 is 13.9 Å². The average molecular weight is 271 g/mol. The maximum absolute atomic E-state index is 12.9. The molecule has 0 radical (unpaired) electrons. The standard InChI is InChI=1S/C16H14FNO2/c1-20-16(19)11-2-3-12-9-18(10-13(12)8-11)15-6-4-14(17)5-7-15/h2-8H,9-10H2,1H3. The van der Waals surface area contributed by atoms with Crippen LogP contribution < -0.4 is 4.90 Å². The van der Waals surface area contributed by atoms with Crippen LogP contribution in [0.2, 0.25) is 0 Å². The Morgan fingerprint density at radius 2 is 1.80 bits per heavy atom. The average Bonchev–Trinajstić information content (AvgIpc) is 2.90. The van der Waals surface area contributed by atoms with Crippen LogP contribution in [0.15, 0.2) is 42.5 Å². The lowest BCUT2D eigenvalue weighted by Gasteiger charge is -2.17. The second kappa shape index (κ2) is 4.96. The highest BCUT2D eigenvalue weighted by Gasteiger charge is 2.20. The van der Waals surface area contributed by atoms with Crippen molar-refractivity contribution in [2.45, 2.75) is 13.1 Å². The topological polar surface area (TPSA) is 29.5 Å². The third-order valence-corrected chi connectivity index (χ3v) is 3.54. The van der Waals surface area contributed by atoms with Crippen LogP contribution in [-0.2, 0) is 17.8 Å². The molecule has 0 saturated heterocycles. The summed E-state index contributed by atoms with van der Waals surface area (Å²) in [6.45, 7) is 1.48. The summed E-state index contributed by atoms with van der Waals surface area (Å²) >= 11 is 0. The quantitative estimate of drug-likeness (QED) is 0.786. The zero-order valence-corrected chi connectivity index (χ0v) is 11.1. The Morgan fingerprint density at radius 1 is 1.10 bits per heavy atom. The van der Waals surface area contributed by atoms with Gasteiger partial charge in [-0.2, -0.15) is 0 Å². The van der Waals surface area contributed by atoms with Gasteiger partial charge >= 0.3 is 5.97 Å². The number of rotatable bonds is 2. The molecular formula is C16H14FNO2. The molecule has 2 aromatic carbocycles.